The maximum absolute atomic E-state index is 6.30. The quantitative estimate of drug-likeness (QED) is 0.877. The lowest BCUT2D eigenvalue weighted by Crippen LogP contribution is -2.19. The van der Waals surface area contributed by atoms with E-state index in [2.05, 4.69) is 35.5 Å². The van der Waals surface area contributed by atoms with Crippen LogP contribution in [0, 0.1) is 6.92 Å². The summed E-state index contributed by atoms with van der Waals surface area (Å²) < 4.78 is 2.17. The summed E-state index contributed by atoms with van der Waals surface area (Å²) in [5, 5.41) is 0. The molecular formula is C15H21N3. The fraction of sp³-hybridized carbons (Fsp3) is 0.400. The maximum atomic E-state index is 6.30. The molecule has 2 N–H and O–H groups in total. The van der Waals surface area contributed by atoms with E-state index in [1.165, 1.54) is 11.1 Å². The van der Waals surface area contributed by atoms with Crippen molar-refractivity contribution in [1.82, 2.24) is 9.55 Å². The predicted molar refractivity (Wildman–Crippen MR) is 74.3 cm³/mol. The van der Waals surface area contributed by atoms with Gasteiger partial charge in [-0.25, -0.2) is 4.98 Å². The first-order valence-corrected chi connectivity index (χ1v) is 6.53. The van der Waals surface area contributed by atoms with Crippen molar-refractivity contribution < 1.29 is 0 Å². The number of nitrogens with two attached hydrogens (primary N) is 1. The third-order valence-electron chi connectivity index (χ3n) is 3.26. The molecule has 3 nitrogen and oxygen atoms in total. The van der Waals surface area contributed by atoms with Gasteiger partial charge in [-0.3, -0.25) is 0 Å². The molecule has 0 saturated heterocycles. The van der Waals surface area contributed by atoms with Crippen molar-refractivity contribution in [2.75, 3.05) is 0 Å². The topological polar surface area (TPSA) is 43.8 Å². The second-order valence-corrected chi connectivity index (χ2v) is 4.71. The molecule has 0 fully saturated rings. The van der Waals surface area contributed by atoms with Gasteiger partial charge in [0, 0.05) is 31.4 Å². The minimum Gasteiger partial charge on any atom is -0.333 e. The van der Waals surface area contributed by atoms with E-state index in [1.54, 1.807) is 0 Å². The highest BCUT2D eigenvalue weighted by molar-refractivity contribution is 5.28. The Morgan fingerprint density at radius 1 is 1.33 bits per heavy atom. The number of nitrogens with zero attached hydrogens (tertiary/aromatic N) is 2. The Bertz CT molecular complexity index is 502. The van der Waals surface area contributed by atoms with E-state index in [1.807, 2.05) is 24.5 Å². The molecule has 0 aliphatic carbocycles. The zero-order chi connectivity index (χ0) is 13.0. The molecule has 1 aromatic carbocycles. The first-order chi connectivity index (χ1) is 8.72. The van der Waals surface area contributed by atoms with Crippen LogP contribution in [-0.4, -0.2) is 9.55 Å². The summed E-state index contributed by atoms with van der Waals surface area (Å²) in [4.78, 5) is 4.38. The molecule has 2 rings (SSSR count). The van der Waals surface area contributed by atoms with Gasteiger partial charge in [-0.15, -0.1) is 0 Å². The van der Waals surface area contributed by atoms with E-state index >= 15 is 0 Å². The molecule has 0 spiro atoms. The van der Waals surface area contributed by atoms with Gasteiger partial charge in [-0.2, -0.15) is 0 Å². The Morgan fingerprint density at radius 3 is 2.83 bits per heavy atom. The van der Waals surface area contributed by atoms with Crippen LogP contribution in [0.3, 0.4) is 0 Å². The van der Waals surface area contributed by atoms with Crippen molar-refractivity contribution in [1.29, 1.82) is 0 Å². The van der Waals surface area contributed by atoms with E-state index in [4.69, 9.17) is 5.73 Å². The minimum atomic E-state index is 0.0241. The highest BCUT2D eigenvalue weighted by atomic mass is 15.1. The van der Waals surface area contributed by atoms with Crippen molar-refractivity contribution in [2.45, 2.75) is 39.3 Å². The molecule has 1 heterocycles. The Hall–Kier alpha value is -1.61. The normalized spacial score (nSPS) is 12.6. The fourth-order valence-corrected chi connectivity index (χ4v) is 2.27. The SMILES string of the molecule is CCCc1nccn1CC(N)c1ccccc1C. The van der Waals surface area contributed by atoms with Crippen LogP contribution in [0.1, 0.15) is 36.3 Å². The lowest BCUT2D eigenvalue weighted by Gasteiger charge is -2.16. The third-order valence-corrected chi connectivity index (χ3v) is 3.26. The van der Waals surface area contributed by atoms with Crippen molar-refractivity contribution in [3.63, 3.8) is 0 Å². The van der Waals surface area contributed by atoms with Gasteiger partial charge in [0.2, 0.25) is 0 Å². The average Bonchev–Trinajstić information content (AvgIpc) is 2.78. The van der Waals surface area contributed by atoms with Crippen LogP contribution in [0.25, 0.3) is 0 Å². The van der Waals surface area contributed by atoms with Gasteiger partial charge >= 0.3 is 0 Å². The van der Waals surface area contributed by atoms with Crippen LogP contribution in [0.15, 0.2) is 36.7 Å². The Balaban J connectivity index is 2.14. The van der Waals surface area contributed by atoms with E-state index in [9.17, 15) is 0 Å². The van der Waals surface area contributed by atoms with Crippen LogP contribution in [0.4, 0.5) is 0 Å². The van der Waals surface area contributed by atoms with Crippen LogP contribution in [0.2, 0.25) is 0 Å². The molecule has 2 aromatic rings. The molecule has 1 aromatic heterocycles. The fourth-order valence-electron chi connectivity index (χ4n) is 2.27. The third kappa shape index (κ3) is 2.79. The van der Waals surface area contributed by atoms with Crippen LogP contribution in [0.5, 0.6) is 0 Å². The molecule has 0 amide bonds. The van der Waals surface area contributed by atoms with Gasteiger partial charge in [-0.1, -0.05) is 31.2 Å². The van der Waals surface area contributed by atoms with E-state index in [0.717, 1.165) is 25.2 Å². The standard InChI is InChI=1S/C15H21N3/c1-3-6-15-17-9-10-18(15)11-14(16)13-8-5-4-7-12(13)2/h4-5,7-10,14H,3,6,11,16H2,1-2H3. The number of rotatable bonds is 5. The summed E-state index contributed by atoms with van der Waals surface area (Å²) >= 11 is 0. The van der Waals surface area contributed by atoms with Gasteiger partial charge in [0.05, 0.1) is 0 Å². The number of hydrogen-bond donors (Lipinski definition) is 1. The summed E-state index contributed by atoms with van der Waals surface area (Å²) in [6.07, 6.45) is 5.99. The monoisotopic (exact) mass is 243 g/mol. The van der Waals surface area contributed by atoms with E-state index in [-0.39, 0.29) is 6.04 Å². The highest BCUT2D eigenvalue weighted by Crippen LogP contribution is 2.17. The highest BCUT2D eigenvalue weighted by Gasteiger charge is 2.11. The van der Waals surface area contributed by atoms with Crippen LogP contribution >= 0.6 is 0 Å². The molecule has 0 aliphatic heterocycles. The second kappa shape index (κ2) is 5.83. The Labute approximate surface area is 109 Å². The molecule has 3 heteroatoms. The van der Waals surface area contributed by atoms with Crippen molar-refractivity contribution >= 4 is 0 Å². The average molecular weight is 243 g/mol. The molecular weight excluding hydrogens is 222 g/mol. The molecule has 96 valence electrons. The van der Waals surface area contributed by atoms with Crippen molar-refractivity contribution in [3.05, 3.63) is 53.6 Å². The second-order valence-electron chi connectivity index (χ2n) is 4.71. The first kappa shape index (κ1) is 12.8. The zero-order valence-corrected chi connectivity index (χ0v) is 11.1. The summed E-state index contributed by atoms with van der Waals surface area (Å²) in [5.41, 5.74) is 8.77. The lowest BCUT2D eigenvalue weighted by molar-refractivity contribution is 0.550. The molecule has 1 atom stereocenters. The van der Waals surface area contributed by atoms with Crippen LogP contribution < -0.4 is 5.73 Å². The minimum absolute atomic E-state index is 0.0241. The first-order valence-electron chi connectivity index (χ1n) is 6.53. The van der Waals surface area contributed by atoms with Gasteiger partial charge in [-0.05, 0) is 24.5 Å². The number of aryl methyl sites for hydroxylation is 2. The van der Waals surface area contributed by atoms with Crippen molar-refractivity contribution in [3.8, 4) is 0 Å². The number of benzene rings is 1. The number of aromatic nitrogens is 2. The maximum Gasteiger partial charge on any atom is 0.108 e. The van der Waals surface area contributed by atoms with Gasteiger partial charge in [0.25, 0.3) is 0 Å². The van der Waals surface area contributed by atoms with Gasteiger partial charge < -0.3 is 10.3 Å². The number of imidazole rings is 1. The van der Waals surface area contributed by atoms with Gasteiger partial charge in [0.15, 0.2) is 0 Å². The molecule has 1 unspecified atom stereocenters. The van der Waals surface area contributed by atoms with Crippen LogP contribution in [-0.2, 0) is 13.0 Å². The van der Waals surface area contributed by atoms with Gasteiger partial charge in [0.1, 0.15) is 5.82 Å². The van der Waals surface area contributed by atoms with E-state index in [0.29, 0.717) is 0 Å². The summed E-state index contributed by atoms with van der Waals surface area (Å²) in [5.74, 6) is 1.13. The molecule has 0 aliphatic rings. The zero-order valence-electron chi connectivity index (χ0n) is 11.1. The smallest absolute Gasteiger partial charge is 0.108 e. The molecule has 18 heavy (non-hydrogen) atoms. The predicted octanol–water partition coefficient (Wildman–Crippen LogP) is 2.84. The molecule has 0 saturated carbocycles. The Kier molecular flexibility index (Phi) is 4.15. The summed E-state index contributed by atoms with van der Waals surface area (Å²) in [6.45, 7) is 5.07. The van der Waals surface area contributed by atoms with Crippen molar-refractivity contribution in [2.24, 2.45) is 5.73 Å². The largest absolute Gasteiger partial charge is 0.333 e. The number of hydrogen-bond acceptors (Lipinski definition) is 2. The van der Waals surface area contributed by atoms with E-state index < -0.39 is 0 Å². The molecule has 0 radical (unpaired) electrons. The molecule has 0 bridgehead atoms. The summed E-state index contributed by atoms with van der Waals surface area (Å²) in [6, 6.07) is 8.33. The Morgan fingerprint density at radius 2 is 2.11 bits per heavy atom. The lowest BCUT2D eigenvalue weighted by atomic mass is 10.0. The summed E-state index contributed by atoms with van der Waals surface area (Å²) in [7, 11) is 0.